The summed E-state index contributed by atoms with van der Waals surface area (Å²) >= 11 is 0. The fraction of sp³-hybridized carbons (Fsp3) is 1.00. The highest BCUT2D eigenvalue weighted by atomic mass is 16.7. The molecule has 0 aromatic carbocycles. The molecule has 1 unspecified atom stereocenters. The van der Waals surface area contributed by atoms with Crippen molar-refractivity contribution in [2.24, 2.45) is 5.92 Å². The Labute approximate surface area is 60.5 Å². The lowest BCUT2D eigenvalue weighted by molar-refractivity contribution is -0.427. The van der Waals surface area contributed by atoms with Gasteiger partial charge in [0.2, 0.25) is 0 Å². The van der Waals surface area contributed by atoms with E-state index in [2.05, 4.69) is 5.43 Å². The third-order valence-electron chi connectivity index (χ3n) is 1.21. The molecule has 0 amide bonds. The average Bonchev–Trinajstić information content (AvgIpc) is 1.83. The number of quaternary nitrogens is 1. The van der Waals surface area contributed by atoms with Crippen molar-refractivity contribution in [3.8, 4) is 0 Å². The zero-order valence-electron chi connectivity index (χ0n) is 6.70. The summed E-state index contributed by atoms with van der Waals surface area (Å²) in [4.78, 5) is 9.66. The van der Waals surface area contributed by atoms with E-state index in [-0.39, 0.29) is 6.15 Å². The first-order chi connectivity index (χ1) is 4.16. The molecule has 10 heavy (non-hydrogen) atoms. The second kappa shape index (κ2) is 6.28. The predicted octanol–water partition coefficient (Wildman–Crippen LogP) is 1.97. The molecule has 5 heteroatoms. The average molecular weight is 149 g/mol. The van der Waals surface area contributed by atoms with Gasteiger partial charge in [-0.15, -0.1) is 0 Å². The molecule has 0 saturated heterocycles. The van der Waals surface area contributed by atoms with Crippen molar-refractivity contribution in [1.29, 1.82) is 0 Å². The van der Waals surface area contributed by atoms with Gasteiger partial charge in [-0.05, 0) is 5.03 Å². The molecular weight excluding hydrogens is 134 g/mol. The number of rotatable bonds is 4. The van der Waals surface area contributed by atoms with Crippen LogP contribution in [0.4, 0.5) is 0 Å². The van der Waals surface area contributed by atoms with Crippen molar-refractivity contribution in [3.63, 3.8) is 0 Å². The molecule has 0 bridgehead atoms. The number of hydrogen-bond acceptors (Lipinski definition) is 2. The van der Waals surface area contributed by atoms with Crippen molar-refractivity contribution in [2.75, 3.05) is 6.54 Å². The molecule has 0 heterocycles. The van der Waals surface area contributed by atoms with Crippen molar-refractivity contribution < 1.29 is 5.03 Å². The quantitative estimate of drug-likeness (QED) is 0.488. The van der Waals surface area contributed by atoms with Crippen LogP contribution in [0.2, 0.25) is 0 Å². The number of hydrogen-bond donors (Lipinski definition) is 1. The molecule has 0 saturated carbocycles. The maximum atomic E-state index is 9.66. The summed E-state index contributed by atoms with van der Waals surface area (Å²) in [5.41, 5.74) is 3.12. The lowest BCUT2D eigenvalue weighted by Crippen LogP contribution is -2.02. The maximum absolute atomic E-state index is 9.66. The van der Waals surface area contributed by atoms with E-state index in [0.29, 0.717) is 12.5 Å². The van der Waals surface area contributed by atoms with Gasteiger partial charge in [0.1, 0.15) is 0 Å². The van der Waals surface area contributed by atoms with Gasteiger partial charge in [-0.3, -0.25) is 10.1 Å². The number of nitro groups is 1. The van der Waals surface area contributed by atoms with E-state index in [4.69, 9.17) is 0 Å². The van der Waals surface area contributed by atoms with Crippen LogP contribution in [0.15, 0.2) is 0 Å². The minimum Gasteiger partial charge on any atom is -0.379 e. The smallest absolute Gasteiger partial charge is 0.0127 e. The Morgan fingerprint density at radius 1 is 1.70 bits per heavy atom. The molecule has 4 N–H and O–H groups in total. The van der Waals surface area contributed by atoms with E-state index in [1.807, 2.05) is 13.8 Å². The van der Waals surface area contributed by atoms with Crippen LogP contribution in [0.3, 0.4) is 0 Å². The van der Waals surface area contributed by atoms with Gasteiger partial charge < -0.3 is 11.6 Å². The summed E-state index contributed by atoms with van der Waals surface area (Å²) in [6.07, 6.45) is 0.942. The summed E-state index contributed by atoms with van der Waals surface area (Å²) in [6.45, 7) is 4.26. The van der Waals surface area contributed by atoms with Gasteiger partial charge in [-0.1, -0.05) is 32.7 Å². The highest BCUT2D eigenvalue weighted by Gasteiger charge is 1.91. The molecule has 0 spiro atoms. The minimum absolute atomic E-state index is 0. The largest absolute Gasteiger partial charge is 0.379 e. The molecule has 0 aromatic rings. The summed E-state index contributed by atoms with van der Waals surface area (Å²) in [6, 6.07) is 0. The molecule has 0 rings (SSSR count). The first-order valence-corrected chi connectivity index (χ1v) is 2.98. The molecule has 0 aliphatic carbocycles. The monoisotopic (exact) mass is 149 g/mol. The van der Waals surface area contributed by atoms with Crippen LogP contribution >= 0.6 is 0 Å². The fourth-order valence-electron chi connectivity index (χ4n) is 0.335. The minimum atomic E-state index is -0.633. The van der Waals surface area contributed by atoms with Crippen LogP contribution < -0.4 is 6.15 Å². The Bertz CT molecular complexity index is 96.9. The fourth-order valence-corrected chi connectivity index (χ4v) is 0.335. The maximum Gasteiger partial charge on any atom is -0.0127 e. The van der Waals surface area contributed by atoms with E-state index in [0.717, 1.165) is 6.42 Å². The second-order valence-electron chi connectivity index (χ2n) is 2.08. The lowest BCUT2D eigenvalue weighted by atomic mass is 10.1. The normalized spacial score (nSPS) is 11.4. The zero-order chi connectivity index (χ0) is 7.28. The van der Waals surface area contributed by atoms with Gasteiger partial charge >= 0.3 is 0 Å². The molecular formula is C5H15N3O2. The predicted molar refractivity (Wildman–Crippen MR) is 40.7 cm³/mol. The molecule has 0 aliphatic rings. The first kappa shape index (κ1) is 11.9. The van der Waals surface area contributed by atoms with Crippen LogP contribution in [0.5, 0.6) is 0 Å². The van der Waals surface area contributed by atoms with E-state index in [1.165, 1.54) is 0 Å². The zero-order valence-corrected chi connectivity index (χ0v) is 6.70. The molecule has 0 fully saturated rings. The van der Waals surface area contributed by atoms with Crippen molar-refractivity contribution in [1.82, 2.24) is 6.15 Å². The van der Waals surface area contributed by atoms with Crippen LogP contribution in [0, 0.1) is 16.0 Å². The first-order valence-electron chi connectivity index (χ1n) is 2.98. The van der Waals surface area contributed by atoms with Gasteiger partial charge in [-0.25, -0.2) is 0 Å². The van der Waals surface area contributed by atoms with Crippen LogP contribution in [0.1, 0.15) is 20.3 Å². The van der Waals surface area contributed by atoms with Crippen molar-refractivity contribution in [2.45, 2.75) is 20.3 Å². The second-order valence-corrected chi connectivity index (χ2v) is 2.08. The summed E-state index contributed by atoms with van der Waals surface area (Å²) < 4.78 is 0. The van der Waals surface area contributed by atoms with E-state index in [1.54, 1.807) is 0 Å². The Kier molecular flexibility index (Phi) is 7.47. The Hall–Kier alpha value is -0.840. The molecule has 0 aliphatic heterocycles. The van der Waals surface area contributed by atoms with Gasteiger partial charge in [0.15, 0.2) is 0 Å². The highest BCUT2D eigenvalue weighted by Crippen LogP contribution is 2.03. The summed E-state index contributed by atoms with van der Waals surface area (Å²) in [5, 5.41) is 9.03. The third-order valence-corrected chi connectivity index (χ3v) is 1.21. The van der Waals surface area contributed by atoms with E-state index >= 15 is 0 Å². The van der Waals surface area contributed by atoms with Gasteiger partial charge in [0, 0.05) is 0 Å². The third kappa shape index (κ3) is 7.16. The lowest BCUT2D eigenvalue weighted by Gasteiger charge is -2.13. The molecule has 5 nitrogen and oxygen atoms in total. The van der Waals surface area contributed by atoms with Crippen LogP contribution in [-0.2, 0) is 0 Å². The number of nitrogens with zero attached hydrogens (tertiary/aromatic N) is 2. The van der Waals surface area contributed by atoms with E-state index in [9.17, 15) is 10.1 Å². The standard InChI is InChI=1S/C5H11N2O2.H3N/c1-3-5(2)4-6-7(8)9;/h5H,3-4H2,1-2H3;1H3/q-1;/p+1. The topological polar surface area (TPSA) is 93.7 Å². The van der Waals surface area contributed by atoms with Crippen LogP contribution in [-0.4, -0.2) is 11.6 Å². The Balaban J connectivity index is 0. The van der Waals surface area contributed by atoms with E-state index < -0.39 is 5.03 Å². The van der Waals surface area contributed by atoms with Crippen molar-refractivity contribution >= 4 is 0 Å². The summed E-state index contributed by atoms with van der Waals surface area (Å²) in [5.74, 6) is 0.329. The van der Waals surface area contributed by atoms with Crippen molar-refractivity contribution in [3.05, 3.63) is 15.5 Å². The van der Waals surface area contributed by atoms with Gasteiger partial charge in [0.05, 0.1) is 0 Å². The van der Waals surface area contributed by atoms with Gasteiger partial charge in [0.25, 0.3) is 0 Å². The van der Waals surface area contributed by atoms with Gasteiger partial charge in [-0.2, -0.15) is 0 Å². The highest BCUT2D eigenvalue weighted by molar-refractivity contribution is 4.65. The molecule has 0 aromatic heterocycles. The molecule has 62 valence electrons. The summed E-state index contributed by atoms with van der Waals surface area (Å²) in [7, 11) is 0. The molecule has 1 atom stereocenters. The Morgan fingerprint density at radius 2 is 2.20 bits per heavy atom. The SMILES string of the molecule is CCC(C)C[N-][N+](=O)[O-].[NH4+]. The Morgan fingerprint density at radius 3 is 2.50 bits per heavy atom. The molecule has 0 radical (unpaired) electrons. The van der Waals surface area contributed by atoms with Crippen LogP contribution in [0.25, 0.3) is 5.43 Å².